The van der Waals surface area contributed by atoms with Crippen molar-refractivity contribution in [1.29, 1.82) is 0 Å². The van der Waals surface area contributed by atoms with Crippen molar-refractivity contribution in [3.8, 4) is 0 Å². The number of anilines is 1. The minimum absolute atomic E-state index is 0.133. The summed E-state index contributed by atoms with van der Waals surface area (Å²) in [4.78, 5) is 12.0. The molecule has 1 atom stereocenters. The number of hydrogen-bond donors (Lipinski definition) is 2. The number of nitrogens with two attached hydrogens (primary N) is 1. The molecule has 0 aliphatic heterocycles. The second-order valence-electron chi connectivity index (χ2n) is 4.30. The van der Waals surface area contributed by atoms with Gasteiger partial charge in [0.2, 0.25) is 0 Å². The fourth-order valence-electron chi connectivity index (χ4n) is 1.77. The van der Waals surface area contributed by atoms with E-state index >= 15 is 0 Å². The van der Waals surface area contributed by atoms with Crippen LogP contribution in [0.2, 0.25) is 0 Å². The number of nitrogens with one attached hydrogen (secondary N) is 1. The van der Waals surface area contributed by atoms with E-state index in [1.54, 1.807) is 23.1 Å². The third kappa shape index (κ3) is 3.09. The van der Waals surface area contributed by atoms with E-state index in [0.717, 1.165) is 0 Å². The molecule has 3 N–H and O–H groups in total. The van der Waals surface area contributed by atoms with Gasteiger partial charge in [-0.1, -0.05) is 6.07 Å². The number of benzene rings is 1. The lowest BCUT2D eigenvalue weighted by Gasteiger charge is -2.15. The maximum Gasteiger partial charge on any atom is 0.253 e. The van der Waals surface area contributed by atoms with E-state index in [1.807, 2.05) is 6.92 Å². The predicted octanol–water partition coefficient (Wildman–Crippen LogP) is 1.42. The SMILES string of the molecule is CC(Cn1cccn1)NC(=O)c1cccc(F)c1N. The number of para-hydroxylation sites is 1. The van der Waals surface area contributed by atoms with Crippen LogP contribution in [-0.2, 0) is 6.54 Å². The van der Waals surface area contributed by atoms with Crippen LogP contribution in [0.15, 0.2) is 36.7 Å². The summed E-state index contributed by atoms with van der Waals surface area (Å²) in [5, 5.41) is 6.80. The van der Waals surface area contributed by atoms with Gasteiger partial charge in [0.15, 0.2) is 0 Å². The average Bonchev–Trinajstić information content (AvgIpc) is 2.85. The van der Waals surface area contributed by atoms with Gasteiger partial charge in [-0.2, -0.15) is 5.10 Å². The van der Waals surface area contributed by atoms with Crippen LogP contribution in [0.3, 0.4) is 0 Å². The molecule has 1 aromatic heterocycles. The van der Waals surface area contributed by atoms with E-state index in [4.69, 9.17) is 5.73 Å². The molecular weight excluding hydrogens is 247 g/mol. The number of carbonyl (C=O) groups is 1. The van der Waals surface area contributed by atoms with Gasteiger partial charge in [-0.05, 0) is 25.1 Å². The molecule has 0 fully saturated rings. The fourth-order valence-corrected chi connectivity index (χ4v) is 1.77. The lowest BCUT2D eigenvalue weighted by Crippen LogP contribution is -2.36. The van der Waals surface area contributed by atoms with Crippen LogP contribution in [0, 0.1) is 5.82 Å². The topological polar surface area (TPSA) is 72.9 Å². The van der Waals surface area contributed by atoms with Crippen molar-refractivity contribution in [2.75, 3.05) is 5.73 Å². The van der Waals surface area contributed by atoms with E-state index in [-0.39, 0.29) is 17.3 Å². The Morgan fingerprint density at radius 2 is 2.32 bits per heavy atom. The molecular formula is C13H15FN4O. The first-order valence-electron chi connectivity index (χ1n) is 5.90. The Labute approximate surface area is 110 Å². The molecule has 2 rings (SSSR count). The lowest BCUT2D eigenvalue weighted by atomic mass is 10.1. The van der Waals surface area contributed by atoms with E-state index in [9.17, 15) is 9.18 Å². The molecule has 0 spiro atoms. The number of nitrogen functional groups attached to an aromatic ring is 1. The highest BCUT2D eigenvalue weighted by molar-refractivity contribution is 5.99. The smallest absolute Gasteiger partial charge is 0.253 e. The molecule has 2 aromatic rings. The van der Waals surface area contributed by atoms with Crippen molar-refractivity contribution in [3.05, 3.63) is 48.0 Å². The molecule has 1 amide bonds. The molecule has 1 aromatic carbocycles. The first-order valence-corrected chi connectivity index (χ1v) is 5.90. The standard InChI is InChI=1S/C13H15FN4O/c1-9(8-18-7-3-6-16-18)17-13(19)10-4-2-5-11(14)12(10)15/h2-7,9H,8,15H2,1H3,(H,17,19). The maximum absolute atomic E-state index is 13.3. The van der Waals surface area contributed by atoms with E-state index in [1.165, 1.54) is 18.2 Å². The molecule has 100 valence electrons. The third-order valence-electron chi connectivity index (χ3n) is 2.70. The fraction of sp³-hybridized carbons (Fsp3) is 0.231. The Morgan fingerprint density at radius 3 is 3.00 bits per heavy atom. The van der Waals surface area contributed by atoms with Crippen molar-refractivity contribution in [3.63, 3.8) is 0 Å². The molecule has 0 saturated heterocycles. The monoisotopic (exact) mass is 262 g/mol. The van der Waals surface area contributed by atoms with Crippen LogP contribution in [0.4, 0.5) is 10.1 Å². The van der Waals surface area contributed by atoms with Gasteiger partial charge in [0.25, 0.3) is 5.91 Å². The third-order valence-corrected chi connectivity index (χ3v) is 2.70. The zero-order valence-electron chi connectivity index (χ0n) is 10.5. The Kier molecular flexibility index (Phi) is 3.79. The second kappa shape index (κ2) is 5.51. The highest BCUT2D eigenvalue weighted by atomic mass is 19.1. The summed E-state index contributed by atoms with van der Waals surface area (Å²) < 4.78 is 15.0. The number of halogens is 1. The highest BCUT2D eigenvalue weighted by Gasteiger charge is 2.14. The van der Waals surface area contributed by atoms with Gasteiger partial charge >= 0.3 is 0 Å². The summed E-state index contributed by atoms with van der Waals surface area (Å²) >= 11 is 0. The Bertz CT molecular complexity index is 568. The average molecular weight is 262 g/mol. The summed E-state index contributed by atoms with van der Waals surface area (Å²) in [6.45, 7) is 2.38. The molecule has 19 heavy (non-hydrogen) atoms. The number of nitrogens with zero attached hydrogens (tertiary/aromatic N) is 2. The first kappa shape index (κ1) is 13.1. The number of hydrogen-bond acceptors (Lipinski definition) is 3. The molecule has 6 heteroatoms. The Balaban J connectivity index is 2.02. The zero-order valence-corrected chi connectivity index (χ0v) is 10.5. The van der Waals surface area contributed by atoms with Crippen LogP contribution >= 0.6 is 0 Å². The van der Waals surface area contributed by atoms with Gasteiger partial charge in [-0.15, -0.1) is 0 Å². The van der Waals surface area contributed by atoms with E-state index in [0.29, 0.717) is 6.54 Å². The van der Waals surface area contributed by atoms with Crippen LogP contribution in [0.1, 0.15) is 17.3 Å². The second-order valence-corrected chi connectivity index (χ2v) is 4.30. The minimum Gasteiger partial charge on any atom is -0.396 e. The quantitative estimate of drug-likeness (QED) is 0.818. The zero-order chi connectivity index (χ0) is 13.8. The van der Waals surface area contributed by atoms with Gasteiger partial charge in [0.1, 0.15) is 5.82 Å². The summed E-state index contributed by atoms with van der Waals surface area (Å²) in [6.07, 6.45) is 3.47. The Hall–Kier alpha value is -2.37. The molecule has 5 nitrogen and oxygen atoms in total. The number of amides is 1. The molecule has 0 aliphatic rings. The molecule has 0 radical (unpaired) electrons. The van der Waals surface area contributed by atoms with Crippen molar-refractivity contribution < 1.29 is 9.18 Å². The van der Waals surface area contributed by atoms with Gasteiger partial charge in [0, 0.05) is 18.4 Å². The van der Waals surface area contributed by atoms with Crippen molar-refractivity contribution in [2.24, 2.45) is 0 Å². The van der Waals surface area contributed by atoms with Gasteiger partial charge in [0.05, 0.1) is 17.8 Å². The van der Waals surface area contributed by atoms with E-state index in [2.05, 4.69) is 10.4 Å². The first-order chi connectivity index (χ1) is 9.08. The lowest BCUT2D eigenvalue weighted by molar-refractivity contribution is 0.0936. The number of rotatable bonds is 4. The van der Waals surface area contributed by atoms with Crippen molar-refractivity contribution >= 4 is 11.6 Å². The van der Waals surface area contributed by atoms with Crippen molar-refractivity contribution in [1.82, 2.24) is 15.1 Å². The van der Waals surface area contributed by atoms with Gasteiger partial charge in [-0.25, -0.2) is 4.39 Å². The molecule has 0 bridgehead atoms. The van der Waals surface area contributed by atoms with Crippen LogP contribution < -0.4 is 11.1 Å². The van der Waals surface area contributed by atoms with Crippen LogP contribution in [0.25, 0.3) is 0 Å². The summed E-state index contributed by atoms with van der Waals surface area (Å²) in [6, 6.07) is 5.83. The van der Waals surface area contributed by atoms with Gasteiger partial charge in [-0.3, -0.25) is 9.48 Å². The van der Waals surface area contributed by atoms with Gasteiger partial charge < -0.3 is 11.1 Å². The molecule has 0 saturated carbocycles. The van der Waals surface area contributed by atoms with Crippen LogP contribution in [-0.4, -0.2) is 21.7 Å². The number of carbonyl (C=O) groups excluding carboxylic acids is 1. The molecule has 0 aliphatic carbocycles. The summed E-state index contributed by atoms with van der Waals surface area (Å²) in [5.41, 5.74) is 5.55. The Morgan fingerprint density at radius 1 is 1.53 bits per heavy atom. The maximum atomic E-state index is 13.3. The summed E-state index contributed by atoms with van der Waals surface area (Å²) in [7, 11) is 0. The summed E-state index contributed by atoms with van der Waals surface area (Å²) in [5.74, 6) is -0.982. The normalized spacial score (nSPS) is 12.1. The van der Waals surface area contributed by atoms with Crippen molar-refractivity contribution in [2.45, 2.75) is 19.5 Å². The number of aromatic nitrogens is 2. The van der Waals surface area contributed by atoms with Crippen LogP contribution in [0.5, 0.6) is 0 Å². The predicted molar refractivity (Wildman–Crippen MR) is 70.0 cm³/mol. The van der Waals surface area contributed by atoms with E-state index < -0.39 is 11.7 Å². The molecule has 1 unspecified atom stereocenters. The highest BCUT2D eigenvalue weighted by Crippen LogP contribution is 2.15. The molecule has 1 heterocycles. The largest absolute Gasteiger partial charge is 0.396 e. The minimum atomic E-state index is -0.590.